The monoisotopic (exact) mass is 235 g/mol. The number of carbonyl (C=O) groups is 1. The van der Waals surface area contributed by atoms with E-state index in [0.29, 0.717) is 19.0 Å². The average molecular weight is 235 g/mol. The molecule has 0 radical (unpaired) electrons. The van der Waals surface area contributed by atoms with Gasteiger partial charge in [0.1, 0.15) is 11.5 Å². The molecule has 2 N–H and O–H groups in total. The molecular formula is C13H17NO3. The third-order valence-electron chi connectivity index (χ3n) is 2.02. The van der Waals surface area contributed by atoms with Gasteiger partial charge in [-0.1, -0.05) is 0 Å². The zero-order chi connectivity index (χ0) is 12.7. The van der Waals surface area contributed by atoms with Gasteiger partial charge in [-0.2, -0.15) is 0 Å². The second-order valence-corrected chi connectivity index (χ2v) is 3.30. The fraction of sp³-hybridized carbons (Fsp3) is 0.308. The number of amides is 1. The van der Waals surface area contributed by atoms with Crippen LogP contribution in [0, 0.1) is 0 Å². The highest BCUT2D eigenvalue weighted by atomic mass is 16.5. The fourth-order valence-electron chi connectivity index (χ4n) is 1.37. The molecule has 0 atom stereocenters. The molecule has 4 nitrogen and oxygen atoms in total. The van der Waals surface area contributed by atoms with Crippen molar-refractivity contribution in [3.63, 3.8) is 0 Å². The molecule has 0 fully saturated rings. The number of hydrogen-bond acceptors (Lipinski definition) is 3. The van der Waals surface area contributed by atoms with Gasteiger partial charge in [0.05, 0.1) is 13.2 Å². The normalized spacial score (nSPS) is 10.5. The zero-order valence-corrected chi connectivity index (χ0v) is 10.1. The van der Waals surface area contributed by atoms with E-state index in [1.54, 1.807) is 6.08 Å². The molecule has 1 aromatic rings. The number of carbonyl (C=O) groups excluding carboxylic acids is 1. The smallest absolute Gasteiger partial charge is 0.241 e. The van der Waals surface area contributed by atoms with Crippen LogP contribution in [-0.2, 0) is 4.79 Å². The lowest BCUT2D eigenvalue weighted by molar-refractivity contribution is -0.113. The number of ether oxygens (including phenoxy) is 2. The first-order chi connectivity index (χ1) is 8.17. The molecule has 0 unspecified atom stereocenters. The van der Waals surface area contributed by atoms with E-state index in [4.69, 9.17) is 15.2 Å². The van der Waals surface area contributed by atoms with E-state index in [9.17, 15) is 4.79 Å². The zero-order valence-electron chi connectivity index (χ0n) is 10.1. The van der Waals surface area contributed by atoms with Gasteiger partial charge in [0.15, 0.2) is 0 Å². The van der Waals surface area contributed by atoms with Crippen LogP contribution in [0.5, 0.6) is 11.5 Å². The lowest BCUT2D eigenvalue weighted by Crippen LogP contribution is -2.05. The second-order valence-electron chi connectivity index (χ2n) is 3.30. The molecule has 0 aliphatic rings. The first-order valence-corrected chi connectivity index (χ1v) is 5.54. The number of rotatable bonds is 6. The van der Waals surface area contributed by atoms with Gasteiger partial charge in [-0.25, -0.2) is 0 Å². The Morgan fingerprint density at radius 3 is 2.59 bits per heavy atom. The molecule has 0 spiro atoms. The maximum atomic E-state index is 10.7. The van der Waals surface area contributed by atoms with Gasteiger partial charge in [-0.3, -0.25) is 4.79 Å². The van der Waals surface area contributed by atoms with Gasteiger partial charge < -0.3 is 15.2 Å². The minimum Gasteiger partial charge on any atom is -0.494 e. The second kappa shape index (κ2) is 6.58. The van der Waals surface area contributed by atoms with Gasteiger partial charge in [0, 0.05) is 11.6 Å². The van der Waals surface area contributed by atoms with E-state index in [1.165, 1.54) is 6.08 Å². The van der Waals surface area contributed by atoms with E-state index >= 15 is 0 Å². The third kappa shape index (κ3) is 4.18. The Labute approximate surface area is 101 Å². The predicted molar refractivity (Wildman–Crippen MR) is 67.0 cm³/mol. The summed E-state index contributed by atoms with van der Waals surface area (Å²) in [5.74, 6) is 0.947. The maximum Gasteiger partial charge on any atom is 0.241 e. The summed E-state index contributed by atoms with van der Waals surface area (Å²) in [5, 5.41) is 0. The minimum atomic E-state index is -0.491. The van der Waals surface area contributed by atoms with Crippen molar-refractivity contribution in [2.45, 2.75) is 13.8 Å². The van der Waals surface area contributed by atoms with Crippen LogP contribution in [0.2, 0.25) is 0 Å². The number of nitrogens with two attached hydrogens (primary N) is 1. The average Bonchev–Trinajstić information content (AvgIpc) is 2.29. The predicted octanol–water partition coefficient (Wildman–Crippen LogP) is 1.98. The van der Waals surface area contributed by atoms with Gasteiger partial charge in [0.2, 0.25) is 5.91 Å². The van der Waals surface area contributed by atoms with Gasteiger partial charge in [0.25, 0.3) is 0 Å². The SMILES string of the molecule is CCOc1ccc(OCC)c(C=CC(N)=O)c1. The quantitative estimate of drug-likeness (QED) is 0.767. The van der Waals surface area contributed by atoms with Crippen LogP contribution in [-0.4, -0.2) is 19.1 Å². The molecule has 4 heteroatoms. The summed E-state index contributed by atoms with van der Waals surface area (Å²) in [4.78, 5) is 10.7. The first kappa shape index (κ1) is 13.1. The summed E-state index contributed by atoms with van der Waals surface area (Å²) in [6.07, 6.45) is 2.92. The molecule has 0 aromatic heterocycles. The number of primary amides is 1. The Morgan fingerprint density at radius 1 is 1.29 bits per heavy atom. The fourth-order valence-corrected chi connectivity index (χ4v) is 1.37. The summed E-state index contributed by atoms with van der Waals surface area (Å²) in [6.45, 7) is 4.96. The van der Waals surface area contributed by atoms with E-state index in [1.807, 2.05) is 32.0 Å². The first-order valence-electron chi connectivity index (χ1n) is 5.54. The van der Waals surface area contributed by atoms with Crippen LogP contribution in [0.15, 0.2) is 24.3 Å². The summed E-state index contributed by atoms with van der Waals surface area (Å²) >= 11 is 0. The van der Waals surface area contributed by atoms with Crippen molar-refractivity contribution in [1.82, 2.24) is 0 Å². The van der Waals surface area contributed by atoms with E-state index in [-0.39, 0.29) is 0 Å². The van der Waals surface area contributed by atoms with Crippen molar-refractivity contribution in [3.8, 4) is 11.5 Å². The van der Waals surface area contributed by atoms with Gasteiger partial charge >= 0.3 is 0 Å². The molecule has 0 saturated carbocycles. The lowest BCUT2D eigenvalue weighted by atomic mass is 10.1. The summed E-state index contributed by atoms with van der Waals surface area (Å²) in [6, 6.07) is 5.46. The maximum absolute atomic E-state index is 10.7. The van der Waals surface area contributed by atoms with Crippen LogP contribution in [0.3, 0.4) is 0 Å². The van der Waals surface area contributed by atoms with E-state index in [2.05, 4.69) is 0 Å². The van der Waals surface area contributed by atoms with Crippen LogP contribution >= 0.6 is 0 Å². The van der Waals surface area contributed by atoms with Crippen molar-refractivity contribution < 1.29 is 14.3 Å². The Morgan fingerprint density at radius 2 is 2.00 bits per heavy atom. The van der Waals surface area contributed by atoms with Crippen molar-refractivity contribution in [2.75, 3.05) is 13.2 Å². The summed E-state index contributed by atoms with van der Waals surface area (Å²) in [5.41, 5.74) is 5.84. The summed E-state index contributed by atoms with van der Waals surface area (Å²) < 4.78 is 10.8. The third-order valence-corrected chi connectivity index (χ3v) is 2.02. The number of benzene rings is 1. The van der Waals surface area contributed by atoms with Crippen molar-refractivity contribution in [3.05, 3.63) is 29.8 Å². The molecule has 1 aromatic carbocycles. The Bertz CT molecular complexity index is 413. The molecule has 0 aliphatic carbocycles. The molecule has 1 rings (SSSR count). The molecule has 0 heterocycles. The van der Waals surface area contributed by atoms with Crippen LogP contribution in [0.1, 0.15) is 19.4 Å². The van der Waals surface area contributed by atoms with Crippen molar-refractivity contribution in [1.29, 1.82) is 0 Å². The standard InChI is InChI=1S/C13H17NO3/c1-3-16-11-6-7-12(17-4-2)10(9-11)5-8-13(14)15/h5-9H,3-4H2,1-2H3,(H2,14,15). The highest BCUT2D eigenvalue weighted by Crippen LogP contribution is 2.25. The highest BCUT2D eigenvalue weighted by molar-refractivity contribution is 5.90. The van der Waals surface area contributed by atoms with E-state index < -0.39 is 5.91 Å². The van der Waals surface area contributed by atoms with Crippen LogP contribution in [0.25, 0.3) is 6.08 Å². The lowest BCUT2D eigenvalue weighted by Gasteiger charge is -2.09. The van der Waals surface area contributed by atoms with Gasteiger partial charge in [-0.15, -0.1) is 0 Å². The van der Waals surface area contributed by atoms with Crippen molar-refractivity contribution in [2.24, 2.45) is 5.73 Å². The molecule has 0 saturated heterocycles. The highest BCUT2D eigenvalue weighted by Gasteiger charge is 2.03. The molecular weight excluding hydrogens is 218 g/mol. The van der Waals surface area contributed by atoms with Crippen LogP contribution < -0.4 is 15.2 Å². The Hall–Kier alpha value is -1.97. The van der Waals surface area contributed by atoms with Gasteiger partial charge in [-0.05, 0) is 38.1 Å². The molecule has 0 aliphatic heterocycles. The minimum absolute atomic E-state index is 0.491. The molecule has 1 amide bonds. The topological polar surface area (TPSA) is 61.6 Å². The van der Waals surface area contributed by atoms with E-state index in [0.717, 1.165) is 11.3 Å². The molecule has 92 valence electrons. The molecule has 0 bridgehead atoms. The Balaban J connectivity index is 3.01. The largest absolute Gasteiger partial charge is 0.494 e. The summed E-state index contributed by atoms with van der Waals surface area (Å²) in [7, 11) is 0. The Kier molecular flexibility index (Phi) is 5.07. The number of hydrogen-bond donors (Lipinski definition) is 1. The van der Waals surface area contributed by atoms with Crippen LogP contribution in [0.4, 0.5) is 0 Å². The van der Waals surface area contributed by atoms with Crippen molar-refractivity contribution >= 4 is 12.0 Å². The molecule has 17 heavy (non-hydrogen) atoms.